The summed E-state index contributed by atoms with van der Waals surface area (Å²) in [6.07, 6.45) is 6.14. The van der Waals surface area contributed by atoms with E-state index in [-0.39, 0.29) is 11.3 Å². The maximum Gasteiger partial charge on any atom is 0.258 e. The third-order valence-electron chi connectivity index (χ3n) is 6.33. The number of nitrogens with zero attached hydrogens (tertiary/aromatic N) is 7. The number of hydrogen-bond donors (Lipinski definition) is 0. The maximum absolute atomic E-state index is 12.8. The van der Waals surface area contributed by atoms with Crippen LogP contribution in [0.3, 0.4) is 0 Å². The van der Waals surface area contributed by atoms with Crippen LogP contribution in [0.2, 0.25) is 5.02 Å². The van der Waals surface area contributed by atoms with Crippen molar-refractivity contribution in [2.75, 3.05) is 24.5 Å². The molecule has 2 aliphatic rings. The van der Waals surface area contributed by atoms with Crippen LogP contribution in [-0.4, -0.2) is 61.6 Å². The number of rotatable bonds is 5. The minimum atomic E-state index is -2.51. The molecule has 2 aliphatic heterocycles. The van der Waals surface area contributed by atoms with Crippen molar-refractivity contribution in [1.29, 1.82) is 0 Å². The van der Waals surface area contributed by atoms with Gasteiger partial charge in [0.15, 0.2) is 5.65 Å². The van der Waals surface area contributed by atoms with E-state index < -0.39 is 13.0 Å². The predicted molar refractivity (Wildman–Crippen MR) is 114 cm³/mol. The zero-order chi connectivity index (χ0) is 22.3. The van der Waals surface area contributed by atoms with Gasteiger partial charge >= 0.3 is 0 Å². The Hall–Kier alpha value is -2.88. The van der Waals surface area contributed by atoms with E-state index in [9.17, 15) is 13.6 Å². The number of aromatic nitrogens is 5. The fraction of sp³-hybridized carbons (Fsp3) is 0.476. The summed E-state index contributed by atoms with van der Waals surface area (Å²) in [5.74, 6) is 0.796. The number of halogens is 3. The van der Waals surface area contributed by atoms with Crippen molar-refractivity contribution in [3.05, 3.63) is 41.4 Å². The lowest BCUT2D eigenvalue weighted by Crippen LogP contribution is -2.42. The third-order valence-corrected chi connectivity index (χ3v) is 6.54. The van der Waals surface area contributed by atoms with Gasteiger partial charge in [0.25, 0.3) is 6.43 Å². The molecule has 1 amide bonds. The highest BCUT2D eigenvalue weighted by Crippen LogP contribution is 2.42. The topological polar surface area (TPSA) is 80.0 Å². The van der Waals surface area contributed by atoms with Crippen LogP contribution < -0.4 is 4.90 Å². The van der Waals surface area contributed by atoms with E-state index in [2.05, 4.69) is 25.0 Å². The van der Waals surface area contributed by atoms with Crippen LogP contribution in [0.5, 0.6) is 0 Å². The van der Waals surface area contributed by atoms with Crippen LogP contribution in [0.1, 0.15) is 24.8 Å². The van der Waals surface area contributed by atoms with Crippen molar-refractivity contribution < 1.29 is 13.6 Å². The maximum atomic E-state index is 12.8. The van der Waals surface area contributed by atoms with Gasteiger partial charge in [0, 0.05) is 50.4 Å². The summed E-state index contributed by atoms with van der Waals surface area (Å²) >= 11 is 6.02. The standard InChI is InChI=1S/C21H22ClF2N7O/c22-15-5-14(7-25-8-15)11-30-13-21(6-19(30)32)1-3-29(4-2-21)18-10-26-16-9-27-31(12-17(23)24)20(16)28-18/h5,7-10,17H,1-4,6,11-13H2. The van der Waals surface area contributed by atoms with Crippen molar-refractivity contribution >= 4 is 34.5 Å². The van der Waals surface area contributed by atoms with Crippen molar-refractivity contribution in [2.45, 2.75) is 38.8 Å². The second-order valence-electron chi connectivity index (χ2n) is 8.58. The summed E-state index contributed by atoms with van der Waals surface area (Å²) in [6.45, 7) is 2.16. The molecule has 8 nitrogen and oxygen atoms in total. The van der Waals surface area contributed by atoms with Gasteiger partial charge in [-0.3, -0.25) is 9.78 Å². The quantitative estimate of drug-likeness (QED) is 0.580. The normalized spacial score (nSPS) is 18.4. The van der Waals surface area contributed by atoms with E-state index in [0.717, 1.165) is 31.5 Å². The molecule has 5 rings (SSSR count). The summed E-state index contributed by atoms with van der Waals surface area (Å²) in [5, 5.41) is 4.53. The van der Waals surface area contributed by atoms with E-state index >= 15 is 0 Å². The van der Waals surface area contributed by atoms with Gasteiger partial charge < -0.3 is 9.80 Å². The molecule has 2 saturated heterocycles. The SMILES string of the molecule is O=C1CC2(CCN(c3cnc4cnn(CC(F)F)c4n3)CC2)CN1Cc1cncc(Cl)c1. The molecule has 0 aromatic carbocycles. The minimum absolute atomic E-state index is 0.0609. The first kappa shape index (κ1) is 21.0. The van der Waals surface area contributed by atoms with Crippen molar-refractivity contribution in [1.82, 2.24) is 29.6 Å². The lowest BCUT2D eigenvalue weighted by atomic mass is 9.77. The van der Waals surface area contributed by atoms with Gasteiger partial charge in [-0.2, -0.15) is 5.10 Å². The van der Waals surface area contributed by atoms with Gasteiger partial charge in [0.05, 0.1) is 17.4 Å². The zero-order valence-corrected chi connectivity index (χ0v) is 18.0. The summed E-state index contributed by atoms with van der Waals surface area (Å²) in [4.78, 5) is 29.7. The molecule has 3 aromatic heterocycles. The Morgan fingerprint density at radius 3 is 2.72 bits per heavy atom. The Kier molecular flexibility index (Phi) is 5.40. The van der Waals surface area contributed by atoms with Crippen LogP contribution in [0.15, 0.2) is 30.9 Å². The first-order valence-corrected chi connectivity index (χ1v) is 10.9. The van der Waals surface area contributed by atoms with Crippen LogP contribution in [0.4, 0.5) is 14.6 Å². The fourth-order valence-corrected chi connectivity index (χ4v) is 4.89. The average molecular weight is 462 g/mol. The average Bonchev–Trinajstić information content (AvgIpc) is 3.28. The fourth-order valence-electron chi connectivity index (χ4n) is 4.69. The van der Waals surface area contributed by atoms with E-state index in [0.29, 0.717) is 41.5 Å². The molecular weight excluding hydrogens is 440 g/mol. The van der Waals surface area contributed by atoms with Gasteiger partial charge in [0.1, 0.15) is 17.9 Å². The highest BCUT2D eigenvalue weighted by molar-refractivity contribution is 6.30. The molecule has 168 valence electrons. The van der Waals surface area contributed by atoms with Gasteiger partial charge in [-0.15, -0.1) is 0 Å². The Morgan fingerprint density at radius 1 is 1.16 bits per heavy atom. The number of pyridine rings is 1. The van der Waals surface area contributed by atoms with Crippen LogP contribution in [-0.2, 0) is 17.9 Å². The van der Waals surface area contributed by atoms with Crippen LogP contribution in [0.25, 0.3) is 11.2 Å². The molecule has 0 atom stereocenters. The summed E-state index contributed by atoms with van der Waals surface area (Å²) in [6, 6.07) is 1.84. The number of carbonyl (C=O) groups excluding carboxylic acids is 1. The zero-order valence-electron chi connectivity index (χ0n) is 17.3. The van der Waals surface area contributed by atoms with Crippen molar-refractivity contribution in [3.63, 3.8) is 0 Å². The van der Waals surface area contributed by atoms with Crippen LogP contribution in [0, 0.1) is 5.41 Å². The molecule has 3 aromatic rings. The van der Waals surface area contributed by atoms with E-state index in [4.69, 9.17) is 11.6 Å². The number of likely N-dealkylation sites (tertiary alicyclic amines) is 1. The predicted octanol–water partition coefficient (Wildman–Crippen LogP) is 3.16. The molecule has 0 saturated carbocycles. The molecule has 0 bridgehead atoms. The monoisotopic (exact) mass is 461 g/mol. The lowest BCUT2D eigenvalue weighted by molar-refractivity contribution is -0.128. The molecule has 5 heterocycles. The third kappa shape index (κ3) is 4.11. The smallest absolute Gasteiger partial charge is 0.258 e. The van der Waals surface area contributed by atoms with Gasteiger partial charge in [-0.05, 0) is 24.5 Å². The molecule has 11 heteroatoms. The van der Waals surface area contributed by atoms with Gasteiger partial charge in [-0.25, -0.2) is 23.4 Å². The highest BCUT2D eigenvalue weighted by atomic mass is 35.5. The molecule has 0 radical (unpaired) electrons. The molecule has 0 aliphatic carbocycles. The van der Waals surface area contributed by atoms with Crippen molar-refractivity contribution in [2.24, 2.45) is 5.41 Å². The number of hydrogen-bond acceptors (Lipinski definition) is 6. The van der Waals surface area contributed by atoms with Crippen LogP contribution >= 0.6 is 11.6 Å². The molecular formula is C21H22ClF2N7O. The second kappa shape index (κ2) is 8.23. The largest absolute Gasteiger partial charge is 0.355 e. The first-order valence-electron chi connectivity index (χ1n) is 10.5. The molecule has 1 spiro atoms. The molecule has 0 N–H and O–H groups in total. The Morgan fingerprint density at radius 2 is 1.97 bits per heavy atom. The molecule has 32 heavy (non-hydrogen) atoms. The van der Waals surface area contributed by atoms with E-state index in [1.807, 2.05) is 11.0 Å². The molecule has 0 unspecified atom stereocenters. The number of fused-ring (bicyclic) bond motifs is 1. The summed E-state index contributed by atoms with van der Waals surface area (Å²) in [5.41, 5.74) is 1.72. The number of amides is 1. The first-order chi connectivity index (χ1) is 15.4. The number of alkyl halides is 2. The summed E-state index contributed by atoms with van der Waals surface area (Å²) in [7, 11) is 0. The summed E-state index contributed by atoms with van der Waals surface area (Å²) < 4.78 is 26.8. The van der Waals surface area contributed by atoms with Gasteiger partial charge in [-0.1, -0.05) is 11.6 Å². The van der Waals surface area contributed by atoms with E-state index in [1.54, 1.807) is 18.6 Å². The Balaban J connectivity index is 1.26. The molecule has 2 fully saturated rings. The Bertz CT molecular complexity index is 1150. The van der Waals surface area contributed by atoms with Crippen molar-refractivity contribution in [3.8, 4) is 0 Å². The minimum Gasteiger partial charge on any atom is -0.355 e. The highest BCUT2D eigenvalue weighted by Gasteiger charge is 2.45. The number of piperidine rings is 1. The number of carbonyl (C=O) groups is 1. The lowest BCUT2D eigenvalue weighted by Gasteiger charge is -2.39. The Labute approximate surface area is 188 Å². The van der Waals surface area contributed by atoms with Gasteiger partial charge in [0.2, 0.25) is 5.91 Å². The van der Waals surface area contributed by atoms with E-state index in [1.165, 1.54) is 10.9 Å². The second-order valence-corrected chi connectivity index (χ2v) is 9.02. The number of anilines is 1.